The molecular formula is C17H22N4O3. The fraction of sp³-hybridized carbons (Fsp3) is 0.529. The number of urea groups is 1. The van der Waals surface area contributed by atoms with Gasteiger partial charge in [0.25, 0.3) is 5.91 Å². The number of aryl methyl sites for hydroxylation is 1. The van der Waals surface area contributed by atoms with Crippen LogP contribution in [0.3, 0.4) is 0 Å². The van der Waals surface area contributed by atoms with Crippen LogP contribution in [0, 0.1) is 12.8 Å². The van der Waals surface area contributed by atoms with Crippen LogP contribution >= 0.6 is 0 Å². The smallest absolute Gasteiger partial charge is 0.323 e. The summed E-state index contributed by atoms with van der Waals surface area (Å²) in [5.41, 5.74) is -0.0169. The lowest BCUT2D eigenvalue weighted by Gasteiger charge is -2.36. The van der Waals surface area contributed by atoms with Gasteiger partial charge in [0, 0.05) is 6.20 Å². The highest BCUT2D eigenvalue weighted by molar-refractivity contribution is 6.10. The third-order valence-electron chi connectivity index (χ3n) is 5.07. The number of rotatable bonds is 3. The lowest BCUT2D eigenvalue weighted by Crippen LogP contribution is -2.54. The Hall–Kier alpha value is -2.44. The number of aromatic nitrogens is 1. The first-order chi connectivity index (χ1) is 11.4. The number of carbonyl (C=O) groups excluding carboxylic acids is 3. The Morgan fingerprint density at radius 2 is 2.25 bits per heavy atom. The molecule has 2 N–H and O–H groups in total. The van der Waals surface area contributed by atoms with Crippen LogP contribution in [0.25, 0.3) is 0 Å². The summed E-state index contributed by atoms with van der Waals surface area (Å²) in [6, 6.07) is 3.12. The highest BCUT2D eigenvalue weighted by atomic mass is 16.2. The number of hydrogen-bond acceptors (Lipinski definition) is 4. The van der Waals surface area contributed by atoms with Crippen molar-refractivity contribution in [2.24, 2.45) is 5.92 Å². The molecule has 1 spiro atoms. The molecule has 128 valence electrons. The first kappa shape index (κ1) is 16.4. The van der Waals surface area contributed by atoms with E-state index in [2.05, 4.69) is 15.6 Å². The zero-order valence-electron chi connectivity index (χ0n) is 14.0. The molecular weight excluding hydrogens is 308 g/mol. The number of hydrogen-bond donors (Lipinski definition) is 2. The predicted molar refractivity (Wildman–Crippen MR) is 88.2 cm³/mol. The molecule has 2 fully saturated rings. The fourth-order valence-corrected chi connectivity index (χ4v) is 3.57. The second-order valence-corrected chi connectivity index (χ2v) is 6.66. The van der Waals surface area contributed by atoms with E-state index in [4.69, 9.17) is 0 Å². The van der Waals surface area contributed by atoms with Crippen LogP contribution < -0.4 is 10.6 Å². The molecule has 0 radical (unpaired) electrons. The van der Waals surface area contributed by atoms with E-state index in [-0.39, 0.29) is 18.4 Å². The second-order valence-electron chi connectivity index (χ2n) is 6.66. The normalized spacial score (nSPS) is 26.6. The van der Waals surface area contributed by atoms with Gasteiger partial charge >= 0.3 is 6.03 Å². The van der Waals surface area contributed by atoms with Gasteiger partial charge in [-0.05, 0) is 37.3 Å². The van der Waals surface area contributed by atoms with Gasteiger partial charge in [0.2, 0.25) is 5.91 Å². The molecule has 1 saturated carbocycles. The molecule has 1 aromatic rings. The maximum absolute atomic E-state index is 12.8. The van der Waals surface area contributed by atoms with Crippen molar-refractivity contribution in [2.45, 2.75) is 45.1 Å². The molecule has 1 aromatic heterocycles. The molecule has 1 aliphatic carbocycles. The minimum atomic E-state index is -0.837. The van der Waals surface area contributed by atoms with Gasteiger partial charge in [0.1, 0.15) is 17.9 Å². The van der Waals surface area contributed by atoms with Crippen LogP contribution in [0.4, 0.5) is 10.6 Å². The Labute approximate surface area is 140 Å². The molecule has 4 amide bonds. The van der Waals surface area contributed by atoms with Crippen LogP contribution in [0.1, 0.15) is 38.2 Å². The van der Waals surface area contributed by atoms with Crippen LogP contribution in [0.15, 0.2) is 18.3 Å². The van der Waals surface area contributed by atoms with Gasteiger partial charge in [-0.3, -0.25) is 14.5 Å². The van der Waals surface area contributed by atoms with E-state index in [9.17, 15) is 14.4 Å². The summed E-state index contributed by atoms with van der Waals surface area (Å²) < 4.78 is 0. The SMILES string of the molecule is Cc1cccnc1NC(=O)CN1C(=O)N[C@]2(CCCC[C@H]2C)C1=O. The molecule has 0 bridgehead atoms. The zero-order chi connectivity index (χ0) is 17.3. The number of amides is 4. The minimum absolute atomic E-state index is 0.0776. The number of imide groups is 1. The van der Waals surface area contributed by atoms with Crippen molar-refractivity contribution in [2.75, 3.05) is 11.9 Å². The summed E-state index contributed by atoms with van der Waals surface area (Å²) in [6.07, 6.45) is 5.08. The van der Waals surface area contributed by atoms with Crippen LogP contribution in [0.5, 0.6) is 0 Å². The first-order valence-corrected chi connectivity index (χ1v) is 8.29. The van der Waals surface area contributed by atoms with Gasteiger partial charge in [-0.2, -0.15) is 0 Å². The van der Waals surface area contributed by atoms with Crippen molar-refractivity contribution in [1.29, 1.82) is 0 Å². The average molecular weight is 330 g/mol. The number of nitrogens with one attached hydrogen (secondary N) is 2. The molecule has 7 nitrogen and oxygen atoms in total. The molecule has 0 unspecified atom stereocenters. The first-order valence-electron chi connectivity index (χ1n) is 8.29. The monoisotopic (exact) mass is 330 g/mol. The van der Waals surface area contributed by atoms with Crippen LogP contribution in [0.2, 0.25) is 0 Å². The molecule has 1 saturated heterocycles. The predicted octanol–water partition coefficient (Wildman–Crippen LogP) is 1.83. The Morgan fingerprint density at radius 1 is 1.46 bits per heavy atom. The van der Waals surface area contributed by atoms with Crippen molar-refractivity contribution in [3.05, 3.63) is 23.9 Å². The average Bonchev–Trinajstić information content (AvgIpc) is 2.78. The van der Waals surface area contributed by atoms with Crippen molar-refractivity contribution >= 4 is 23.7 Å². The standard InChI is InChI=1S/C17H22N4O3/c1-11-6-5-9-18-14(11)19-13(22)10-21-15(23)17(20-16(21)24)8-4-3-7-12(17)2/h5-6,9,12H,3-4,7-8,10H2,1-2H3,(H,20,24)(H,18,19,22)/t12-,17+/m1/s1. The van der Waals surface area contributed by atoms with E-state index in [0.29, 0.717) is 12.2 Å². The Balaban J connectivity index is 1.71. The number of nitrogens with zero attached hydrogens (tertiary/aromatic N) is 2. The molecule has 24 heavy (non-hydrogen) atoms. The third-order valence-corrected chi connectivity index (χ3v) is 5.07. The fourth-order valence-electron chi connectivity index (χ4n) is 3.57. The topological polar surface area (TPSA) is 91.4 Å². The maximum Gasteiger partial charge on any atom is 0.325 e. The molecule has 0 aromatic carbocycles. The summed E-state index contributed by atoms with van der Waals surface area (Å²) >= 11 is 0. The Morgan fingerprint density at radius 3 is 2.96 bits per heavy atom. The van der Waals surface area contributed by atoms with Gasteiger partial charge in [0.05, 0.1) is 0 Å². The van der Waals surface area contributed by atoms with Crippen molar-refractivity contribution in [3.8, 4) is 0 Å². The van der Waals surface area contributed by atoms with Gasteiger partial charge < -0.3 is 10.6 Å². The van der Waals surface area contributed by atoms with E-state index in [1.807, 2.05) is 19.9 Å². The molecule has 2 atom stereocenters. The highest BCUT2D eigenvalue weighted by Crippen LogP contribution is 2.38. The minimum Gasteiger partial charge on any atom is -0.323 e. The van der Waals surface area contributed by atoms with E-state index in [0.717, 1.165) is 29.7 Å². The van der Waals surface area contributed by atoms with E-state index in [1.54, 1.807) is 12.3 Å². The molecule has 2 aliphatic rings. The summed E-state index contributed by atoms with van der Waals surface area (Å²) in [5.74, 6) is -0.197. The van der Waals surface area contributed by atoms with Crippen LogP contribution in [-0.2, 0) is 9.59 Å². The quantitative estimate of drug-likeness (QED) is 0.827. The van der Waals surface area contributed by atoms with Crippen molar-refractivity contribution in [1.82, 2.24) is 15.2 Å². The molecule has 7 heteroatoms. The Bertz CT molecular complexity index is 690. The summed E-state index contributed by atoms with van der Waals surface area (Å²) in [7, 11) is 0. The molecule has 3 rings (SSSR count). The second kappa shape index (κ2) is 6.22. The lowest BCUT2D eigenvalue weighted by molar-refractivity contribution is -0.136. The largest absolute Gasteiger partial charge is 0.325 e. The van der Waals surface area contributed by atoms with Gasteiger partial charge in [-0.15, -0.1) is 0 Å². The number of pyridine rings is 1. The maximum atomic E-state index is 12.8. The van der Waals surface area contributed by atoms with Gasteiger partial charge in [0.15, 0.2) is 0 Å². The number of anilines is 1. The van der Waals surface area contributed by atoms with E-state index < -0.39 is 17.5 Å². The van der Waals surface area contributed by atoms with Gasteiger partial charge in [-0.1, -0.05) is 25.8 Å². The van der Waals surface area contributed by atoms with Gasteiger partial charge in [-0.25, -0.2) is 9.78 Å². The zero-order valence-corrected chi connectivity index (χ0v) is 14.0. The molecule has 1 aliphatic heterocycles. The van der Waals surface area contributed by atoms with Crippen molar-refractivity contribution < 1.29 is 14.4 Å². The van der Waals surface area contributed by atoms with Crippen molar-refractivity contribution in [3.63, 3.8) is 0 Å². The number of carbonyl (C=O) groups is 3. The van der Waals surface area contributed by atoms with E-state index >= 15 is 0 Å². The summed E-state index contributed by atoms with van der Waals surface area (Å²) in [6.45, 7) is 3.52. The Kier molecular flexibility index (Phi) is 4.26. The van der Waals surface area contributed by atoms with E-state index in [1.165, 1.54) is 0 Å². The highest BCUT2D eigenvalue weighted by Gasteiger charge is 2.55. The van der Waals surface area contributed by atoms with Crippen LogP contribution in [-0.4, -0.2) is 39.8 Å². The molecule has 2 heterocycles. The summed E-state index contributed by atoms with van der Waals surface area (Å²) in [4.78, 5) is 42.4. The lowest BCUT2D eigenvalue weighted by atomic mass is 9.73. The third kappa shape index (κ3) is 2.74. The summed E-state index contributed by atoms with van der Waals surface area (Å²) in [5, 5.41) is 5.50.